The summed E-state index contributed by atoms with van der Waals surface area (Å²) in [4.78, 5) is 12.4. The Hall–Kier alpha value is -4.00. The molecule has 0 saturated carbocycles. The van der Waals surface area contributed by atoms with Crippen LogP contribution in [0.5, 0.6) is 11.5 Å². The van der Waals surface area contributed by atoms with Crippen LogP contribution in [0.3, 0.4) is 0 Å². The summed E-state index contributed by atoms with van der Waals surface area (Å²) in [7, 11) is 1.60. The SMILES string of the molecule is COc1cccc(OCc2ccc(C(=O)Nc3ccn(Cc4ccccc4)n3)o2)c1. The van der Waals surface area contributed by atoms with Gasteiger partial charge in [-0.05, 0) is 29.8 Å². The number of furan rings is 1. The van der Waals surface area contributed by atoms with Crippen LogP contribution >= 0.6 is 0 Å². The van der Waals surface area contributed by atoms with Crippen molar-refractivity contribution >= 4 is 11.7 Å². The van der Waals surface area contributed by atoms with Crippen LogP contribution in [0.4, 0.5) is 5.82 Å². The van der Waals surface area contributed by atoms with Crippen LogP contribution in [0.1, 0.15) is 21.9 Å². The first-order valence-corrected chi connectivity index (χ1v) is 9.44. The minimum Gasteiger partial charge on any atom is -0.497 e. The quantitative estimate of drug-likeness (QED) is 0.473. The number of methoxy groups -OCH3 is 1. The highest BCUT2D eigenvalue weighted by molar-refractivity contribution is 6.01. The fraction of sp³-hybridized carbons (Fsp3) is 0.130. The molecule has 0 atom stereocenters. The first kappa shape index (κ1) is 19.3. The maximum absolute atomic E-state index is 12.4. The van der Waals surface area contributed by atoms with Gasteiger partial charge in [-0.15, -0.1) is 0 Å². The van der Waals surface area contributed by atoms with Crippen LogP contribution in [-0.4, -0.2) is 22.8 Å². The molecule has 2 heterocycles. The van der Waals surface area contributed by atoms with Gasteiger partial charge in [-0.1, -0.05) is 36.4 Å². The highest BCUT2D eigenvalue weighted by atomic mass is 16.5. The van der Waals surface area contributed by atoms with Crippen LogP contribution in [0, 0.1) is 0 Å². The molecule has 0 unspecified atom stereocenters. The number of amides is 1. The Bertz CT molecular complexity index is 1120. The monoisotopic (exact) mass is 403 g/mol. The Labute approximate surface area is 173 Å². The number of benzene rings is 2. The van der Waals surface area contributed by atoms with E-state index in [9.17, 15) is 4.79 Å². The molecule has 0 aliphatic rings. The lowest BCUT2D eigenvalue weighted by Crippen LogP contribution is -2.12. The largest absolute Gasteiger partial charge is 0.497 e. The van der Waals surface area contributed by atoms with Gasteiger partial charge >= 0.3 is 0 Å². The van der Waals surface area contributed by atoms with E-state index in [1.54, 1.807) is 36.1 Å². The maximum Gasteiger partial charge on any atom is 0.292 e. The molecule has 0 fully saturated rings. The van der Waals surface area contributed by atoms with Crippen LogP contribution in [0.25, 0.3) is 0 Å². The summed E-state index contributed by atoms with van der Waals surface area (Å²) < 4.78 is 18.2. The Morgan fingerprint density at radius 3 is 2.70 bits per heavy atom. The van der Waals surface area contributed by atoms with Crippen molar-refractivity contribution in [3.63, 3.8) is 0 Å². The molecule has 0 aliphatic carbocycles. The molecule has 4 aromatic rings. The van der Waals surface area contributed by atoms with Crippen molar-refractivity contribution in [1.82, 2.24) is 9.78 Å². The van der Waals surface area contributed by atoms with Gasteiger partial charge in [-0.2, -0.15) is 5.10 Å². The van der Waals surface area contributed by atoms with Gasteiger partial charge in [0.15, 0.2) is 11.6 Å². The highest BCUT2D eigenvalue weighted by Crippen LogP contribution is 2.20. The zero-order valence-corrected chi connectivity index (χ0v) is 16.4. The molecular weight excluding hydrogens is 382 g/mol. The lowest BCUT2D eigenvalue weighted by Gasteiger charge is -2.06. The number of anilines is 1. The van der Waals surface area contributed by atoms with Crippen LogP contribution < -0.4 is 14.8 Å². The predicted octanol–water partition coefficient (Wildman–Crippen LogP) is 4.36. The van der Waals surface area contributed by atoms with Gasteiger partial charge in [-0.25, -0.2) is 0 Å². The van der Waals surface area contributed by atoms with Gasteiger partial charge in [0.2, 0.25) is 0 Å². The molecule has 0 bridgehead atoms. The molecule has 1 N–H and O–H groups in total. The number of hydrogen-bond donors (Lipinski definition) is 1. The smallest absolute Gasteiger partial charge is 0.292 e. The molecule has 0 saturated heterocycles. The zero-order chi connectivity index (χ0) is 20.8. The van der Waals surface area contributed by atoms with Crippen LogP contribution in [-0.2, 0) is 13.2 Å². The predicted molar refractivity (Wildman–Crippen MR) is 112 cm³/mol. The molecule has 0 radical (unpaired) electrons. The topological polar surface area (TPSA) is 78.5 Å². The minimum absolute atomic E-state index is 0.192. The summed E-state index contributed by atoms with van der Waals surface area (Å²) in [6.45, 7) is 0.829. The third-order valence-corrected chi connectivity index (χ3v) is 4.38. The van der Waals surface area contributed by atoms with Gasteiger partial charge < -0.3 is 19.2 Å². The first-order chi connectivity index (χ1) is 14.7. The third-order valence-electron chi connectivity index (χ3n) is 4.38. The molecule has 30 heavy (non-hydrogen) atoms. The van der Waals surface area contributed by atoms with Gasteiger partial charge in [0.05, 0.1) is 13.7 Å². The molecule has 152 valence electrons. The normalized spacial score (nSPS) is 10.6. The molecule has 2 aromatic heterocycles. The van der Waals surface area contributed by atoms with E-state index in [4.69, 9.17) is 13.9 Å². The van der Waals surface area contributed by atoms with E-state index in [0.29, 0.717) is 29.6 Å². The van der Waals surface area contributed by atoms with Crippen molar-refractivity contribution in [3.8, 4) is 11.5 Å². The number of carbonyl (C=O) groups is 1. The number of carbonyl (C=O) groups excluding carboxylic acids is 1. The van der Waals surface area contributed by atoms with Crippen LogP contribution in [0.2, 0.25) is 0 Å². The summed E-state index contributed by atoms with van der Waals surface area (Å²) in [5.41, 5.74) is 1.13. The number of hydrogen-bond acceptors (Lipinski definition) is 5. The Kier molecular flexibility index (Phi) is 5.80. The number of nitrogens with zero attached hydrogens (tertiary/aromatic N) is 2. The lowest BCUT2D eigenvalue weighted by atomic mass is 10.2. The number of nitrogens with one attached hydrogen (secondary N) is 1. The molecule has 7 nitrogen and oxygen atoms in total. The van der Waals surface area contributed by atoms with Crippen molar-refractivity contribution in [2.45, 2.75) is 13.2 Å². The van der Waals surface area contributed by atoms with Crippen molar-refractivity contribution in [3.05, 3.63) is 96.1 Å². The second-order valence-corrected chi connectivity index (χ2v) is 6.57. The second kappa shape index (κ2) is 9.00. The highest BCUT2D eigenvalue weighted by Gasteiger charge is 2.13. The average Bonchev–Trinajstić information content (AvgIpc) is 3.43. The third kappa shape index (κ3) is 4.88. The molecular formula is C23H21N3O4. The molecule has 4 rings (SSSR count). The first-order valence-electron chi connectivity index (χ1n) is 9.44. The van der Waals surface area contributed by atoms with Gasteiger partial charge in [0.25, 0.3) is 5.91 Å². The van der Waals surface area contributed by atoms with Crippen molar-refractivity contribution in [2.24, 2.45) is 0 Å². The number of aromatic nitrogens is 2. The van der Waals surface area contributed by atoms with Gasteiger partial charge in [-0.3, -0.25) is 9.48 Å². The summed E-state index contributed by atoms with van der Waals surface area (Å²) in [6, 6.07) is 22.3. The van der Waals surface area contributed by atoms with E-state index in [2.05, 4.69) is 10.4 Å². The minimum atomic E-state index is -0.368. The Morgan fingerprint density at radius 1 is 1.03 bits per heavy atom. The standard InChI is InChI=1S/C23H21N3O4/c1-28-18-8-5-9-19(14-18)29-16-20-10-11-21(30-20)23(27)24-22-12-13-26(25-22)15-17-6-3-2-4-7-17/h2-14H,15-16H2,1H3,(H,24,25,27). The summed E-state index contributed by atoms with van der Waals surface area (Å²) >= 11 is 0. The second-order valence-electron chi connectivity index (χ2n) is 6.57. The number of ether oxygens (including phenoxy) is 2. The van der Waals surface area contributed by atoms with E-state index >= 15 is 0 Å². The summed E-state index contributed by atoms with van der Waals surface area (Å²) in [5.74, 6) is 2.18. The fourth-order valence-corrected chi connectivity index (χ4v) is 2.89. The van der Waals surface area contributed by atoms with E-state index in [1.165, 1.54) is 0 Å². The van der Waals surface area contributed by atoms with E-state index in [0.717, 1.165) is 5.56 Å². The van der Waals surface area contributed by atoms with E-state index < -0.39 is 0 Å². The summed E-state index contributed by atoms with van der Waals surface area (Å²) in [6.07, 6.45) is 1.82. The van der Waals surface area contributed by atoms with Crippen molar-refractivity contribution in [1.29, 1.82) is 0 Å². The number of rotatable bonds is 8. The zero-order valence-electron chi connectivity index (χ0n) is 16.4. The van der Waals surface area contributed by atoms with Gasteiger partial charge in [0.1, 0.15) is 23.9 Å². The van der Waals surface area contributed by atoms with Gasteiger partial charge in [0, 0.05) is 18.3 Å². The van der Waals surface area contributed by atoms with E-state index in [-0.39, 0.29) is 18.3 Å². The summed E-state index contributed by atoms with van der Waals surface area (Å²) in [5, 5.41) is 7.12. The van der Waals surface area contributed by atoms with Crippen molar-refractivity contribution in [2.75, 3.05) is 12.4 Å². The molecule has 2 aromatic carbocycles. The Morgan fingerprint density at radius 2 is 1.87 bits per heavy atom. The lowest BCUT2D eigenvalue weighted by molar-refractivity contribution is 0.0992. The molecule has 1 amide bonds. The molecule has 7 heteroatoms. The maximum atomic E-state index is 12.4. The molecule has 0 aliphatic heterocycles. The Balaban J connectivity index is 1.33. The van der Waals surface area contributed by atoms with Crippen LogP contribution in [0.15, 0.2) is 83.4 Å². The average molecular weight is 403 g/mol. The van der Waals surface area contributed by atoms with E-state index in [1.807, 2.05) is 54.7 Å². The molecule has 0 spiro atoms. The fourth-order valence-electron chi connectivity index (χ4n) is 2.89. The van der Waals surface area contributed by atoms with Crippen molar-refractivity contribution < 1.29 is 18.7 Å².